The van der Waals surface area contributed by atoms with Crippen molar-refractivity contribution >= 4 is 28.4 Å². The minimum atomic E-state index is 0.816. The first-order valence-electron chi connectivity index (χ1n) is 7.36. The SMILES string of the molecule is Cc1cc(N(C)C)nc(N2CCN(c3nc(C)ns3)CC2)n1. The summed E-state index contributed by atoms with van der Waals surface area (Å²) in [7, 11) is 4.00. The molecule has 7 nitrogen and oxygen atoms in total. The molecule has 0 aromatic carbocycles. The first-order valence-corrected chi connectivity index (χ1v) is 8.13. The van der Waals surface area contributed by atoms with Crippen LogP contribution in [0.4, 0.5) is 16.9 Å². The highest BCUT2D eigenvalue weighted by Crippen LogP contribution is 2.21. The Bertz CT molecular complexity index is 646. The molecule has 0 unspecified atom stereocenters. The van der Waals surface area contributed by atoms with Crippen molar-refractivity contribution < 1.29 is 0 Å². The van der Waals surface area contributed by atoms with Crippen LogP contribution >= 0.6 is 11.5 Å². The molecule has 0 saturated carbocycles. The average molecular weight is 319 g/mol. The van der Waals surface area contributed by atoms with Crippen LogP contribution in [0.2, 0.25) is 0 Å². The lowest BCUT2D eigenvalue weighted by Gasteiger charge is -2.34. The van der Waals surface area contributed by atoms with Gasteiger partial charge in [-0.3, -0.25) is 0 Å². The number of rotatable bonds is 3. The van der Waals surface area contributed by atoms with E-state index in [1.165, 1.54) is 11.5 Å². The smallest absolute Gasteiger partial charge is 0.227 e. The Kier molecular flexibility index (Phi) is 4.10. The summed E-state index contributed by atoms with van der Waals surface area (Å²) in [6.07, 6.45) is 0. The highest BCUT2D eigenvalue weighted by atomic mass is 32.1. The third-order valence-electron chi connectivity index (χ3n) is 3.64. The van der Waals surface area contributed by atoms with Crippen LogP contribution in [-0.2, 0) is 0 Å². The van der Waals surface area contributed by atoms with Crippen LogP contribution in [0, 0.1) is 13.8 Å². The largest absolute Gasteiger partial charge is 0.363 e. The van der Waals surface area contributed by atoms with Crippen molar-refractivity contribution in [3.05, 3.63) is 17.6 Å². The van der Waals surface area contributed by atoms with Gasteiger partial charge in [0, 0.05) is 63.6 Å². The number of aryl methyl sites for hydroxylation is 2. The molecule has 0 bridgehead atoms. The number of piperazine rings is 1. The molecule has 0 spiro atoms. The molecule has 2 aromatic rings. The molecule has 118 valence electrons. The Labute approximate surface area is 134 Å². The molecule has 3 rings (SSSR count). The van der Waals surface area contributed by atoms with Crippen molar-refractivity contribution in [3.8, 4) is 0 Å². The zero-order chi connectivity index (χ0) is 15.7. The van der Waals surface area contributed by atoms with Gasteiger partial charge in [0.05, 0.1) is 0 Å². The Morgan fingerprint density at radius 1 is 1.00 bits per heavy atom. The highest BCUT2D eigenvalue weighted by Gasteiger charge is 2.22. The summed E-state index contributed by atoms with van der Waals surface area (Å²) in [4.78, 5) is 20.2. The number of anilines is 3. The standard InChI is InChI=1S/C14H21N7S/c1-10-9-12(19(3)4)17-13(15-10)20-5-7-21(8-6-20)14-16-11(2)18-22-14/h9H,5-8H2,1-4H3. The highest BCUT2D eigenvalue weighted by molar-refractivity contribution is 7.09. The third kappa shape index (κ3) is 3.11. The summed E-state index contributed by atoms with van der Waals surface area (Å²) in [6, 6.07) is 2.00. The average Bonchev–Trinajstić information content (AvgIpc) is 2.93. The predicted molar refractivity (Wildman–Crippen MR) is 90.2 cm³/mol. The van der Waals surface area contributed by atoms with Crippen LogP contribution in [0.1, 0.15) is 11.5 Å². The molecule has 22 heavy (non-hydrogen) atoms. The topological polar surface area (TPSA) is 61.3 Å². The Balaban J connectivity index is 1.71. The van der Waals surface area contributed by atoms with Crippen molar-refractivity contribution in [1.29, 1.82) is 0 Å². The summed E-state index contributed by atoms with van der Waals surface area (Å²) in [5.41, 5.74) is 0.996. The van der Waals surface area contributed by atoms with Gasteiger partial charge in [0.15, 0.2) is 0 Å². The van der Waals surface area contributed by atoms with Gasteiger partial charge in [-0.05, 0) is 13.8 Å². The van der Waals surface area contributed by atoms with Crippen LogP contribution < -0.4 is 14.7 Å². The molecule has 0 amide bonds. The van der Waals surface area contributed by atoms with Gasteiger partial charge in [0.25, 0.3) is 0 Å². The lowest BCUT2D eigenvalue weighted by atomic mass is 10.3. The normalized spacial score (nSPS) is 15.3. The summed E-state index contributed by atoms with van der Waals surface area (Å²) in [5.74, 6) is 2.61. The van der Waals surface area contributed by atoms with Crippen molar-refractivity contribution in [3.63, 3.8) is 0 Å². The zero-order valence-corrected chi connectivity index (χ0v) is 14.3. The fraction of sp³-hybridized carbons (Fsp3) is 0.571. The maximum absolute atomic E-state index is 4.66. The number of nitrogens with zero attached hydrogens (tertiary/aromatic N) is 7. The molecule has 1 aliphatic rings. The zero-order valence-electron chi connectivity index (χ0n) is 13.4. The van der Waals surface area contributed by atoms with Crippen molar-refractivity contribution in [2.45, 2.75) is 13.8 Å². The second-order valence-corrected chi connectivity index (χ2v) is 6.39. The van der Waals surface area contributed by atoms with Gasteiger partial charge in [-0.25, -0.2) is 9.97 Å². The molecule has 8 heteroatoms. The van der Waals surface area contributed by atoms with Gasteiger partial charge in [-0.15, -0.1) is 0 Å². The monoisotopic (exact) mass is 319 g/mol. The van der Waals surface area contributed by atoms with Gasteiger partial charge in [0.1, 0.15) is 11.6 Å². The lowest BCUT2D eigenvalue weighted by Crippen LogP contribution is -2.47. The molecular formula is C14H21N7S. The maximum atomic E-state index is 4.66. The van der Waals surface area contributed by atoms with Gasteiger partial charge in [-0.2, -0.15) is 9.36 Å². The molecule has 0 atom stereocenters. The van der Waals surface area contributed by atoms with Crippen molar-refractivity contribution in [2.75, 3.05) is 55.0 Å². The molecule has 0 N–H and O–H groups in total. The van der Waals surface area contributed by atoms with Gasteiger partial charge in [-0.1, -0.05) is 0 Å². The summed E-state index contributed by atoms with van der Waals surface area (Å²) < 4.78 is 4.26. The van der Waals surface area contributed by atoms with E-state index in [-0.39, 0.29) is 0 Å². The Hall–Kier alpha value is -1.96. The van der Waals surface area contributed by atoms with Gasteiger partial charge < -0.3 is 14.7 Å². The number of hydrogen-bond donors (Lipinski definition) is 0. The van der Waals surface area contributed by atoms with Gasteiger partial charge >= 0.3 is 0 Å². The first kappa shape index (κ1) is 15.0. The van der Waals surface area contributed by atoms with E-state index in [1.807, 2.05) is 38.9 Å². The van der Waals surface area contributed by atoms with E-state index in [0.717, 1.165) is 54.6 Å². The van der Waals surface area contributed by atoms with Crippen LogP contribution in [0.3, 0.4) is 0 Å². The van der Waals surface area contributed by atoms with Crippen LogP contribution in [0.25, 0.3) is 0 Å². The fourth-order valence-corrected chi connectivity index (χ4v) is 3.14. The summed E-state index contributed by atoms with van der Waals surface area (Å²) >= 11 is 1.47. The molecule has 1 aliphatic heterocycles. The molecule has 1 saturated heterocycles. The van der Waals surface area contributed by atoms with Crippen molar-refractivity contribution in [1.82, 2.24) is 19.3 Å². The quantitative estimate of drug-likeness (QED) is 0.846. The van der Waals surface area contributed by atoms with E-state index < -0.39 is 0 Å². The minimum absolute atomic E-state index is 0.816. The second-order valence-electron chi connectivity index (χ2n) is 5.66. The molecular weight excluding hydrogens is 298 g/mol. The molecule has 1 fully saturated rings. The number of hydrogen-bond acceptors (Lipinski definition) is 8. The van der Waals surface area contributed by atoms with Crippen LogP contribution in [0.15, 0.2) is 6.07 Å². The minimum Gasteiger partial charge on any atom is -0.363 e. The van der Waals surface area contributed by atoms with E-state index in [4.69, 9.17) is 0 Å². The molecule has 3 heterocycles. The number of aromatic nitrogens is 4. The summed E-state index contributed by atoms with van der Waals surface area (Å²) in [5, 5.41) is 1.01. The van der Waals surface area contributed by atoms with Crippen LogP contribution in [-0.4, -0.2) is 59.6 Å². The maximum Gasteiger partial charge on any atom is 0.227 e. The van der Waals surface area contributed by atoms with Crippen molar-refractivity contribution in [2.24, 2.45) is 0 Å². The van der Waals surface area contributed by atoms with E-state index in [9.17, 15) is 0 Å². The third-order valence-corrected chi connectivity index (χ3v) is 4.51. The lowest BCUT2D eigenvalue weighted by molar-refractivity contribution is 0.637. The van der Waals surface area contributed by atoms with Gasteiger partial charge in [0.2, 0.25) is 11.1 Å². The van der Waals surface area contributed by atoms with Crippen LogP contribution in [0.5, 0.6) is 0 Å². The fourth-order valence-electron chi connectivity index (χ4n) is 2.42. The predicted octanol–water partition coefficient (Wildman–Crippen LogP) is 1.34. The van der Waals surface area contributed by atoms with E-state index in [1.54, 1.807) is 0 Å². The summed E-state index contributed by atoms with van der Waals surface area (Å²) in [6.45, 7) is 7.58. The molecule has 0 aliphatic carbocycles. The Morgan fingerprint density at radius 3 is 2.27 bits per heavy atom. The first-order chi connectivity index (χ1) is 10.5. The second kappa shape index (κ2) is 6.04. The van der Waals surface area contributed by atoms with E-state index >= 15 is 0 Å². The molecule has 0 radical (unpaired) electrons. The molecule has 2 aromatic heterocycles. The van der Waals surface area contributed by atoms with E-state index in [2.05, 4.69) is 29.1 Å². The van der Waals surface area contributed by atoms with E-state index in [0.29, 0.717) is 0 Å². The Morgan fingerprint density at radius 2 is 1.68 bits per heavy atom.